The maximum absolute atomic E-state index is 4.25. The van der Waals surface area contributed by atoms with Crippen LogP contribution in [0.5, 0.6) is 0 Å². The fraction of sp³-hybridized carbons (Fsp3) is 0.769. The minimum absolute atomic E-state index is 0.139. The molecule has 0 saturated carbocycles. The van der Waals surface area contributed by atoms with Crippen molar-refractivity contribution in [3.8, 4) is 0 Å². The van der Waals surface area contributed by atoms with Gasteiger partial charge in [0.2, 0.25) is 0 Å². The van der Waals surface area contributed by atoms with E-state index in [1.807, 2.05) is 12.5 Å². The van der Waals surface area contributed by atoms with E-state index in [1.54, 1.807) is 0 Å². The molecule has 0 aliphatic heterocycles. The molecule has 4 heteroatoms. The average molecular weight is 238 g/mol. The molecule has 0 bridgehead atoms. The van der Waals surface area contributed by atoms with E-state index < -0.39 is 0 Å². The zero-order chi connectivity index (χ0) is 12.9. The highest BCUT2D eigenvalue weighted by Crippen LogP contribution is 2.14. The Labute approximate surface area is 105 Å². The van der Waals surface area contributed by atoms with E-state index in [9.17, 15) is 0 Å². The molecular weight excluding hydrogens is 212 g/mol. The van der Waals surface area contributed by atoms with Gasteiger partial charge in [0.15, 0.2) is 0 Å². The standard InChI is InChI=1S/C13H26N4/c1-6-7-14-8-12-9-15-11-17(12)10-13(2,3)16(4)5/h9,11,14H,6-8,10H2,1-5H3. The van der Waals surface area contributed by atoms with Crippen LogP contribution >= 0.6 is 0 Å². The van der Waals surface area contributed by atoms with Gasteiger partial charge in [-0.3, -0.25) is 0 Å². The van der Waals surface area contributed by atoms with Crippen LogP contribution in [0.1, 0.15) is 32.9 Å². The molecule has 0 spiro atoms. The van der Waals surface area contributed by atoms with Crippen LogP contribution in [0.2, 0.25) is 0 Å². The van der Waals surface area contributed by atoms with E-state index >= 15 is 0 Å². The second-order valence-electron chi connectivity index (χ2n) is 5.40. The molecule has 0 atom stereocenters. The lowest BCUT2D eigenvalue weighted by Crippen LogP contribution is -2.42. The van der Waals surface area contributed by atoms with Gasteiger partial charge < -0.3 is 14.8 Å². The van der Waals surface area contributed by atoms with E-state index in [1.165, 1.54) is 5.69 Å². The Hall–Kier alpha value is -0.870. The third-order valence-corrected chi connectivity index (χ3v) is 3.30. The van der Waals surface area contributed by atoms with Crippen LogP contribution in [0.25, 0.3) is 0 Å². The molecule has 0 aromatic carbocycles. The van der Waals surface area contributed by atoms with Gasteiger partial charge in [0, 0.05) is 24.8 Å². The second kappa shape index (κ2) is 6.17. The minimum Gasteiger partial charge on any atom is -0.332 e. The van der Waals surface area contributed by atoms with E-state index in [0.29, 0.717) is 0 Å². The van der Waals surface area contributed by atoms with Gasteiger partial charge >= 0.3 is 0 Å². The SMILES string of the molecule is CCCNCc1cncn1CC(C)(C)N(C)C. The molecule has 1 rings (SSSR count). The number of nitrogens with zero attached hydrogens (tertiary/aromatic N) is 3. The summed E-state index contributed by atoms with van der Waals surface area (Å²) < 4.78 is 2.24. The second-order valence-corrected chi connectivity index (χ2v) is 5.40. The summed E-state index contributed by atoms with van der Waals surface area (Å²) >= 11 is 0. The van der Waals surface area contributed by atoms with Crippen molar-refractivity contribution in [1.82, 2.24) is 19.8 Å². The highest BCUT2D eigenvalue weighted by Gasteiger charge is 2.21. The highest BCUT2D eigenvalue weighted by molar-refractivity contribution is 4.99. The molecule has 0 amide bonds. The van der Waals surface area contributed by atoms with Crippen LogP contribution in [0, 0.1) is 0 Å². The van der Waals surface area contributed by atoms with Gasteiger partial charge in [0.05, 0.1) is 12.0 Å². The predicted octanol–water partition coefficient (Wildman–Crippen LogP) is 1.72. The van der Waals surface area contributed by atoms with E-state index in [-0.39, 0.29) is 5.54 Å². The number of likely N-dealkylation sites (N-methyl/N-ethyl adjacent to an activating group) is 1. The molecule has 0 radical (unpaired) electrons. The number of imidazole rings is 1. The quantitative estimate of drug-likeness (QED) is 0.734. The van der Waals surface area contributed by atoms with Crippen molar-refractivity contribution in [2.24, 2.45) is 0 Å². The fourth-order valence-corrected chi connectivity index (χ4v) is 1.59. The number of aromatic nitrogens is 2. The van der Waals surface area contributed by atoms with E-state index in [2.05, 4.69) is 54.6 Å². The first-order chi connectivity index (χ1) is 7.97. The average Bonchev–Trinajstić information content (AvgIpc) is 2.65. The zero-order valence-electron chi connectivity index (χ0n) is 11.8. The molecule has 17 heavy (non-hydrogen) atoms. The third kappa shape index (κ3) is 4.13. The van der Waals surface area contributed by atoms with Crippen molar-refractivity contribution in [3.05, 3.63) is 18.2 Å². The summed E-state index contributed by atoms with van der Waals surface area (Å²) in [4.78, 5) is 6.50. The van der Waals surface area contributed by atoms with Gasteiger partial charge in [0.1, 0.15) is 0 Å². The molecular formula is C13H26N4. The first kappa shape index (κ1) is 14.2. The van der Waals surface area contributed by atoms with Gasteiger partial charge in [-0.1, -0.05) is 6.92 Å². The van der Waals surface area contributed by atoms with Gasteiger partial charge in [0.25, 0.3) is 0 Å². The largest absolute Gasteiger partial charge is 0.332 e. The van der Waals surface area contributed by atoms with E-state index in [4.69, 9.17) is 0 Å². The summed E-state index contributed by atoms with van der Waals surface area (Å²) in [5, 5.41) is 3.42. The van der Waals surface area contributed by atoms with Gasteiger partial charge in [-0.05, 0) is 40.9 Å². The van der Waals surface area contributed by atoms with Gasteiger partial charge in [-0.25, -0.2) is 4.98 Å². The molecule has 0 unspecified atom stereocenters. The smallest absolute Gasteiger partial charge is 0.0949 e. The van der Waals surface area contributed by atoms with Crippen LogP contribution in [0.3, 0.4) is 0 Å². The van der Waals surface area contributed by atoms with Crippen LogP contribution < -0.4 is 5.32 Å². The van der Waals surface area contributed by atoms with Crippen molar-refractivity contribution in [3.63, 3.8) is 0 Å². The van der Waals surface area contributed by atoms with Crippen LogP contribution in [-0.4, -0.2) is 40.6 Å². The predicted molar refractivity (Wildman–Crippen MR) is 72.0 cm³/mol. The summed E-state index contributed by atoms with van der Waals surface area (Å²) in [6.45, 7) is 9.59. The Morgan fingerprint density at radius 1 is 1.41 bits per heavy atom. The highest BCUT2D eigenvalue weighted by atomic mass is 15.2. The number of hydrogen-bond donors (Lipinski definition) is 1. The summed E-state index contributed by atoms with van der Waals surface area (Å²) in [6, 6.07) is 0. The molecule has 1 N–H and O–H groups in total. The molecule has 0 saturated heterocycles. The van der Waals surface area contributed by atoms with Crippen molar-refractivity contribution in [1.29, 1.82) is 0 Å². The van der Waals surface area contributed by atoms with E-state index in [0.717, 1.165) is 26.1 Å². The molecule has 0 aliphatic rings. The molecule has 98 valence electrons. The monoisotopic (exact) mass is 238 g/mol. The first-order valence-corrected chi connectivity index (χ1v) is 6.34. The Morgan fingerprint density at radius 2 is 2.12 bits per heavy atom. The summed E-state index contributed by atoms with van der Waals surface area (Å²) in [5.74, 6) is 0. The van der Waals surface area contributed by atoms with Crippen molar-refractivity contribution >= 4 is 0 Å². The summed E-state index contributed by atoms with van der Waals surface area (Å²) in [6.07, 6.45) is 5.04. The number of hydrogen-bond acceptors (Lipinski definition) is 3. The molecule has 0 fully saturated rings. The summed E-state index contributed by atoms with van der Waals surface area (Å²) in [7, 11) is 4.23. The molecule has 1 aromatic heterocycles. The topological polar surface area (TPSA) is 33.1 Å². The Balaban J connectivity index is 2.62. The first-order valence-electron chi connectivity index (χ1n) is 6.34. The molecule has 1 heterocycles. The molecule has 0 aliphatic carbocycles. The van der Waals surface area contributed by atoms with Crippen LogP contribution in [-0.2, 0) is 13.1 Å². The fourth-order valence-electron chi connectivity index (χ4n) is 1.59. The van der Waals surface area contributed by atoms with Crippen molar-refractivity contribution < 1.29 is 0 Å². The number of nitrogens with one attached hydrogen (secondary N) is 1. The minimum atomic E-state index is 0.139. The maximum atomic E-state index is 4.25. The lowest BCUT2D eigenvalue weighted by Gasteiger charge is -2.33. The van der Waals surface area contributed by atoms with Crippen LogP contribution in [0.4, 0.5) is 0 Å². The van der Waals surface area contributed by atoms with Gasteiger partial charge in [-0.2, -0.15) is 0 Å². The Bertz CT molecular complexity index is 328. The molecule has 1 aromatic rings. The molecule has 4 nitrogen and oxygen atoms in total. The maximum Gasteiger partial charge on any atom is 0.0949 e. The Morgan fingerprint density at radius 3 is 2.71 bits per heavy atom. The Kier molecular flexibility index (Phi) is 5.15. The lowest BCUT2D eigenvalue weighted by molar-refractivity contribution is 0.168. The lowest BCUT2D eigenvalue weighted by atomic mass is 10.0. The van der Waals surface area contributed by atoms with Crippen molar-refractivity contribution in [2.75, 3.05) is 20.6 Å². The number of rotatable bonds is 7. The summed E-state index contributed by atoms with van der Waals surface area (Å²) in [5.41, 5.74) is 1.40. The van der Waals surface area contributed by atoms with Crippen molar-refractivity contribution in [2.45, 2.75) is 45.8 Å². The normalized spacial score (nSPS) is 12.4. The third-order valence-electron chi connectivity index (χ3n) is 3.30. The van der Waals surface area contributed by atoms with Gasteiger partial charge in [-0.15, -0.1) is 0 Å². The zero-order valence-corrected chi connectivity index (χ0v) is 11.8. The van der Waals surface area contributed by atoms with Crippen LogP contribution in [0.15, 0.2) is 12.5 Å².